The molecule has 2 aliphatic rings. The second-order valence-electron chi connectivity index (χ2n) is 11.2. The standard InChI is InChI=1S/C30H29F5NO4S/c1-7-36-23-13-24-20(11-19(23)17(4)14-29(36,5)6)25(18-9-8-15(2)10-16(18)3)21-12-22(31)28(26(32)27(21)39-24)40-41(37,38)30(33,34)35/h8-13,17H,7,14H2,1-6H3/q+1. The van der Waals surface area contributed by atoms with Crippen LogP contribution in [0.25, 0.3) is 5.57 Å². The SMILES string of the molecule is CC[N+]1=c2cc3c(cc2C(C)CC1(C)C)=C(c1ccc(C)cc1C)c1cc(F)c(OS(=O)(=O)C(F)(F)F)c(F)c1O3. The number of benzene rings is 3. The van der Waals surface area contributed by atoms with Crippen LogP contribution in [0.2, 0.25) is 0 Å². The van der Waals surface area contributed by atoms with Crippen LogP contribution < -0.4 is 24.1 Å². The van der Waals surface area contributed by atoms with Crippen molar-refractivity contribution in [2.45, 2.75) is 64.9 Å². The molecule has 0 saturated carbocycles. The molecule has 0 saturated heterocycles. The van der Waals surface area contributed by atoms with Crippen molar-refractivity contribution in [3.63, 3.8) is 0 Å². The summed E-state index contributed by atoms with van der Waals surface area (Å²) in [6.45, 7) is 12.8. The zero-order valence-corrected chi connectivity index (χ0v) is 24.2. The lowest BCUT2D eigenvalue weighted by atomic mass is 9.81. The molecule has 3 aromatic carbocycles. The summed E-state index contributed by atoms with van der Waals surface area (Å²) in [6, 6.07) is 10.00. The van der Waals surface area contributed by atoms with Crippen molar-refractivity contribution in [1.29, 1.82) is 0 Å². The maximum absolute atomic E-state index is 15.8. The summed E-state index contributed by atoms with van der Waals surface area (Å²) >= 11 is 0. The van der Waals surface area contributed by atoms with E-state index in [0.717, 1.165) is 34.5 Å². The molecule has 41 heavy (non-hydrogen) atoms. The van der Waals surface area contributed by atoms with E-state index in [9.17, 15) is 21.6 Å². The van der Waals surface area contributed by atoms with Crippen LogP contribution in [0.5, 0.6) is 17.2 Å². The van der Waals surface area contributed by atoms with E-state index < -0.39 is 38.8 Å². The first-order chi connectivity index (χ1) is 19.0. The molecular formula is C30H29F5NO4S+. The van der Waals surface area contributed by atoms with Gasteiger partial charge in [-0.15, -0.1) is 0 Å². The first-order valence-electron chi connectivity index (χ1n) is 13.1. The number of halogens is 5. The molecule has 3 aromatic rings. The average molecular weight is 595 g/mol. The molecule has 1 atom stereocenters. The first-order valence-corrected chi connectivity index (χ1v) is 14.5. The molecule has 0 spiro atoms. The molecular weight excluding hydrogens is 565 g/mol. The zero-order chi connectivity index (χ0) is 30.2. The van der Waals surface area contributed by atoms with Crippen LogP contribution in [0.4, 0.5) is 22.0 Å². The Balaban J connectivity index is 1.90. The summed E-state index contributed by atoms with van der Waals surface area (Å²) in [5, 5.41) is 1.42. The molecule has 1 unspecified atom stereocenters. The van der Waals surface area contributed by atoms with E-state index in [1.54, 1.807) is 12.1 Å². The highest BCUT2D eigenvalue weighted by molar-refractivity contribution is 7.88. The van der Waals surface area contributed by atoms with Crippen molar-refractivity contribution < 1.29 is 39.3 Å². The molecule has 0 fully saturated rings. The Morgan fingerprint density at radius 1 is 1.07 bits per heavy atom. The quantitative estimate of drug-likeness (QED) is 0.127. The third-order valence-electron chi connectivity index (χ3n) is 7.81. The predicted octanol–water partition coefficient (Wildman–Crippen LogP) is 5.96. The smallest absolute Gasteiger partial charge is 0.453 e. The van der Waals surface area contributed by atoms with Crippen molar-refractivity contribution >= 4 is 15.7 Å². The lowest BCUT2D eigenvalue weighted by molar-refractivity contribution is -0.0502. The highest BCUT2D eigenvalue weighted by atomic mass is 32.2. The Bertz CT molecular complexity index is 1850. The fraction of sp³-hybridized carbons (Fsp3) is 0.367. The largest absolute Gasteiger partial charge is 0.534 e. The van der Waals surface area contributed by atoms with Crippen LogP contribution in [0.3, 0.4) is 0 Å². The maximum atomic E-state index is 15.8. The Morgan fingerprint density at radius 3 is 2.37 bits per heavy atom. The van der Waals surface area contributed by atoms with E-state index in [-0.39, 0.29) is 22.8 Å². The first kappa shape index (κ1) is 29.0. The molecule has 2 heterocycles. The van der Waals surface area contributed by atoms with Crippen LogP contribution in [0, 0.1) is 25.5 Å². The van der Waals surface area contributed by atoms with Crippen LogP contribution >= 0.6 is 0 Å². The summed E-state index contributed by atoms with van der Waals surface area (Å²) in [5.74, 6) is -5.32. The van der Waals surface area contributed by atoms with Gasteiger partial charge in [0.2, 0.25) is 16.9 Å². The molecule has 0 bridgehead atoms. The van der Waals surface area contributed by atoms with Crippen molar-refractivity contribution in [2.75, 3.05) is 6.54 Å². The second kappa shape index (κ2) is 9.54. The summed E-state index contributed by atoms with van der Waals surface area (Å²) in [5.41, 5.74) is -2.36. The normalized spacial score (nSPS) is 17.9. The molecule has 0 amide bonds. The lowest BCUT2D eigenvalue weighted by Gasteiger charge is -2.31. The van der Waals surface area contributed by atoms with Gasteiger partial charge in [-0.3, -0.25) is 0 Å². The van der Waals surface area contributed by atoms with Gasteiger partial charge < -0.3 is 8.92 Å². The van der Waals surface area contributed by atoms with Crippen LogP contribution in [0.1, 0.15) is 67.9 Å². The van der Waals surface area contributed by atoms with Gasteiger partial charge in [0.1, 0.15) is 12.3 Å². The number of hydrogen-bond donors (Lipinski definition) is 0. The van der Waals surface area contributed by atoms with Crippen molar-refractivity contribution in [3.8, 4) is 17.2 Å². The van der Waals surface area contributed by atoms with Gasteiger partial charge in [0.25, 0.3) is 0 Å². The molecule has 11 heteroatoms. The molecule has 0 aliphatic carbocycles. The van der Waals surface area contributed by atoms with E-state index >= 15 is 8.78 Å². The van der Waals surface area contributed by atoms with E-state index in [2.05, 4.69) is 29.5 Å². The van der Waals surface area contributed by atoms with Gasteiger partial charge in [-0.1, -0.05) is 30.7 Å². The Kier molecular flexibility index (Phi) is 6.76. The number of fused-ring (bicyclic) bond motifs is 3. The van der Waals surface area contributed by atoms with Crippen molar-refractivity contribution in [1.82, 2.24) is 4.58 Å². The molecule has 0 radical (unpaired) electrons. The highest BCUT2D eigenvalue weighted by Crippen LogP contribution is 2.44. The number of alkyl halides is 3. The molecule has 5 rings (SSSR count). The summed E-state index contributed by atoms with van der Waals surface area (Å²) in [7, 11) is -6.35. The predicted molar refractivity (Wildman–Crippen MR) is 144 cm³/mol. The lowest BCUT2D eigenvalue weighted by Crippen LogP contribution is -2.52. The van der Waals surface area contributed by atoms with E-state index in [0.29, 0.717) is 22.9 Å². The van der Waals surface area contributed by atoms with Crippen molar-refractivity contribution in [2.24, 2.45) is 0 Å². The van der Waals surface area contributed by atoms with Crippen LogP contribution in [-0.2, 0) is 10.1 Å². The Morgan fingerprint density at radius 2 is 1.76 bits per heavy atom. The zero-order valence-electron chi connectivity index (χ0n) is 23.3. The minimum Gasteiger partial charge on any atom is -0.453 e. The van der Waals surface area contributed by atoms with E-state index in [4.69, 9.17) is 4.74 Å². The molecule has 218 valence electrons. The van der Waals surface area contributed by atoms with Gasteiger partial charge in [-0.2, -0.15) is 26.0 Å². The molecule has 0 N–H and O–H groups in total. The second-order valence-corrected chi connectivity index (χ2v) is 12.8. The molecule has 0 aromatic heterocycles. The number of nitrogens with zero attached hydrogens (tertiary/aromatic N) is 1. The van der Waals surface area contributed by atoms with Crippen LogP contribution in [-0.4, -0.2) is 26.0 Å². The van der Waals surface area contributed by atoms with Gasteiger partial charge in [0.05, 0.1) is 6.07 Å². The number of aryl methyl sites for hydroxylation is 2. The molecule has 2 aliphatic heterocycles. The van der Waals surface area contributed by atoms with Crippen molar-refractivity contribution in [3.05, 3.63) is 86.4 Å². The van der Waals surface area contributed by atoms with Gasteiger partial charge in [-0.25, -0.2) is 8.97 Å². The minimum absolute atomic E-state index is 0.0766. The van der Waals surface area contributed by atoms with Gasteiger partial charge >= 0.3 is 15.6 Å². The minimum atomic E-state index is -6.35. The fourth-order valence-electron chi connectivity index (χ4n) is 6.13. The number of ether oxygens (including phenoxy) is 1. The number of rotatable bonds is 4. The van der Waals surface area contributed by atoms with Gasteiger partial charge in [-0.05, 0) is 63.8 Å². The third kappa shape index (κ3) is 4.67. The Labute approximate surface area is 234 Å². The summed E-state index contributed by atoms with van der Waals surface area (Å²) in [6.07, 6.45) is 0.862. The highest BCUT2D eigenvalue weighted by Gasteiger charge is 2.50. The average Bonchev–Trinajstić information content (AvgIpc) is 2.84. The number of hydrogen-bond acceptors (Lipinski definition) is 4. The van der Waals surface area contributed by atoms with E-state index in [1.165, 1.54) is 0 Å². The summed E-state index contributed by atoms with van der Waals surface area (Å²) < 4.78 is 105. The topological polar surface area (TPSA) is 55.6 Å². The monoisotopic (exact) mass is 594 g/mol. The molecule has 5 nitrogen and oxygen atoms in total. The summed E-state index contributed by atoms with van der Waals surface area (Å²) in [4.78, 5) is 0. The Hall–Kier alpha value is -3.47. The van der Waals surface area contributed by atoms with Crippen LogP contribution in [0.15, 0.2) is 36.4 Å². The van der Waals surface area contributed by atoms with Gasteiger partial charge in [0, 0.05) is 28.3 Å². The van der Waals surface area contributed by atoms with E-state index in [1.807, 2.05) is 39.0 Å². The maximum Gasteiger partial charge on any atom is 0.534 e. The third-order valence-corrected chi connectivity index (χ3v) is 8.77. The fourth-order valence-corrected chi connectivity index (χ4v) is 6.60. The van der Waals surface area contributed by atoms with Gasteiger partial charge in [0.15, 0.2) is 17.1 Å².